The molecule has 0 bridgehead atoms. The summed E-state index contributed by atoms with van der Waals surface area (Å²) >= 11 is 0. The van der Waals surface area contributed by atoms with Crippen LogP contribution in [0.15, 0.2) is 0 Å². The van der Waals surface area contributed by atoms with E-state index in [2.05, 4.69) is 11.6 Å². The van der Waals surface area contributed by atoms with Crippen molar-refractivity contribution in [2.24, 2.45) is 0 Å². The Hall–Kier alpha value is -0.0900. The maximum atomic E-state index is 11.0. The van der Waals surface area contributed by atoms with Crippen molar-refractivity contribution in [2.75, 3.05) is 12.8 Å². The van der Waals surface area contributed by atoms with Gasteiger partial charge in [0.25, 0.3) is 0 Å². The molecule has 0 unspecified atom stereocenters. The molecule has 0 amide bonds. The van der Waals surface area contributed by atoms with E-state index in [0.29, 0.717) is 0 Å². The molecule has 0 heterocycles. The van der Waals surface area contributed by atoms with E-state index in [9.17, 15) is 8.42 Å². The number of hydrogen-bond acceptors (Lipinski definition) is 2. The van der Waals surface area contributed by atoms with Crippen molar-refractivity contribution in [3.05, 3.63) is 0 Å². The van der Waals surface area contributed by atoms with Crippen molar-refractivity contribution in [3.63, 3.8) is 0 Å². The zero-order chi connectivity index (χ0) is 10.2. The van der Waals surface area contributed by atoms with Crippen molar-refractivity contribution in [1.82, 2.24) is 4.72 Å². The lowest BCUT2D eigenvalue weighted by atomic mass is 10.1. The van der Waals surface area contributed by atoms with Gasteiger partial charge in [0.1, 0.15) is 0 Å². The average molecular weight is 207 g/mol. The van der Waals surface area contributed by atoms with E-state index >= 15 is 0 Å². The summed E-state index contributed by atoms with van der Waals surface area (Å²) in [5.41, 5.74) is 0. The number of rotatable bonds is 8. The van der Waals surface area contributed by atoms with Crippen LogP contribution in [-0.2, 0) is 10.0 Å². The maximum absolute atomic E-state index is 11.0. The third-order valence-electron chi connectivity index (χ3n) is 2.08. The summed E-state index contributed by atoms with van der Waals surface area (Å²) in [6.45, 7) is 2.17. The Balaban J connectivity index is 3.26. The minimum absolute atomic E-state index is 0.273. The van der Waals surface area contributed by atoms with Gasteiger partial charge in [-0.3, -0.25) is 0 Å². The van der Waals surface area contributed by atoms with Crippen molar-refractivity contribution in [2.45, 2.75) is 45.4 Å². The molecule has 0 aromatic heterocycles. The summed E-state index contributed by atoms with van der Waals surface area (Å²) in [5.74, 6) is 0.273. The van der Waals surface area contributed by atoms with Crippen molar-refractivity contribution in [1.29, 1.82) is 0 Å². The van der Waals surface area contributed by atoms with Crippen LogP contribution in [-0.4, -0.2) is 21.2 Å². The molecule has 0 saturated carbocycles. The Labute approximate surface area is 82.0 Å². The van der Waals surface area contributed by atoms with Crippen molar-refractivity contribution < 1.29 is 8.42 Å². The fourth-order valence-electron chi connectivity index (χ4n) is 1.17. The summed E-state index contributed by atoms with van der Waals surface area (Å²) in [4.78, 5) is 0. The second-order valence-electron chi connectivity index (χ2n) is 3.29. The van der Waals surface area contributed by atoms with Gasteiger partial charge in [-0.1, -0.05) is 39.0 Å². The second kappa shape index (κ2) is 7.33. The average Bonchev–Trinajstić information content (AvgIpc) is 2.11. The van der Waals surface area contributed by atoms with E-state index in [1.54, 1.807) is 0 Å². The van der Waals surface area contributed by atoms with Crippen LogP contribution >= 0.6 is 0 Å². The van der Waals surface area contributed by atoms with E-state index in [1.165, 1.54) is 26.3 Å². The Morgan fingerprint density at radius 1 is 1.00 bits per heavy atom. The van der Waals surface area contributed by atoms with Gasteiger partial charge in [0.2, 0.25) is 10.0 Å². The van der Waals surface area contributed by atoms with Crippen LogP contribution in [0.5, 0.6) is 0 Å². The molecule has 0 aliphatic rings. The molecule has 0 aromatic carbocycles. The lowest BCUT2D eigenvalue weighted by molar-refractivity contribution is 0.577. The fraction of sp³-hybridized carbons (Fsp3) is 1.00. The molecule has 1 N–H and O–H groups in total. The number of hydrogen-bond donors (Lipinski definition) is 1. The SMILES string of the molecule is CCCCCCCCS(=O)(=O)NC. The largest absolute Gasteiger partial charge is 0.218 e. The molecule has 0 spiro atoms. The van der Waals surface area contributed by atoms with Crippen molar-refractivity contribution >= 4 is 10.0 Å². The molecule has 13 heavy (non-hydrogen) atoms. The minimum atomic E-state index is -2.96. The van der Waals surface area contributed by atoms with E-state index in [-0.39, 0.29) is 5.75 Å². The standard InChI is InChI=1S/C9H21NO2S/c1-3-4-5-6-7-8-9-13(11,12)10-2/h10H,3-9H2,1-2H3. The Kier molecular flexibility index (Phi) is 7.28. The van der Waals surface area contributed by atoms with Gasteiger partial charge in [-0.2, -0.15) is 0 Å². The molecule has 4 heteroatoms. The third-order valence-corrected chi connectivity index (χ3v) is 3.53. The Morgan fingerprint density at radius 2 is 1.54 bits per heavy atom. The first kappa shape index (κ1) is 12.9. The first-order valence-electron chi connectivity index (χ1n) is 5.03. The van der Waals surface area contributed by atoms with Gasteiger partial charge in [0, 0.05) is 0 Å². The van der Waals surface area contributed by atoms with Crippen LogP contribution in [0.25, 0.3) is 0 Å². The van der Waals surface area contributed by atoms with Crippen LogP contribution < -0.4 is 4.72 Å². The molecule has 3 nitrogen and oxygen atoms in total. The topological polar surface area (TPSA) is 46.2 Å². The highest BCUT2D eigenvalue weighted by Crippen LogP contribution is 2.05. The van der Waals surface area contributed by atoms with Crippen LogP contribution in [0.4, 0.5) is 0 Å². The predicted molar refractivity (Wildman–Crippen MR) is 56.2 cm³/mol. The molecule has 0 aromatic rings. The fourth-order valence-corrected chi connectivity index (χ4v) is 1.96. The highest BCUT2D eigenvalue weighted by atomic mass is 32.2. The monoisotopic (exact) mass is 207 g/mol. The molecule has 0 aliphatic carbocycles. The highest BCUT2D eigenvalue weighted by Gasteiger charge is 2.04. The Morgan fingerprint density at radius 3 is 2.08 bits per heavy atom. The zero-order valence-corrected chi connectivity index (χ0v) is 9.49. The molecular weight excluding hydrogens is 186 g/mol. The van der Waals surface area contributed by atoms with E-state index < -0.39 is 10.0 Å². The smallest absolute Gasteiger partial charge is 0.211 e. The summed E-state index contributed by atoms with van der Waals surface area (Å²) in [7, 11) is -1.50. The first-order valence-corrected chi connectivity index (χ1v) is 6.69. The maximum Gasteiger partial charge on any atom is 0.211 e. The lowest BCUT2D eigenvalue weighted by Crippen LogP contribution is -2.21. The van der Waals surface area contributed by atoms with Gasteiger partial charge in [-0.05, 0) is 13.5 Å². The summed E-state index contributed by atoms with van der Waals surface area (Å²) in [6, 6.07) is 0. The Bertz CT molecular complexity index is 200. The van der Waals surface area contributed by atoms with Gasteiger partial charge in [-0.15, -0.1) is 0 Å². The van der Waals surface area contributed by atoms with E-state index in [4.69, 9.17) is 0 Å². The summed E-state index contributed by atoms with van der Waals surface area (Å²) in [6.07, 6.45) is 6.70. The molecule has 0 aliphatic heterocycles. The van der Waals surface area contributed by atoms with Gasteiger partial charge in [-0.25, -0.2) is 13.1 Å². The lowest BCUT2D eigenvalue weighted by Gasteiger charge is -2.01. The quantitative estimate of drug-likeness (QED) is 0.618. The van der Waals surface area contributed by atoms with Crippen LogP contribution in [0.2, 0.25) is 0 Å². The zero-order valence-electron chi connectivity index (χ0n) is 8.67. The molecule has 80 valence electrons. The van der Waals surface area contributed by atoms with E-state index in [1.807, 2.05) is 0 Å². The van der Waals surface area contributed by atoms with Crippen LogP contribution in [0.1, 0.15) is 45.4 Å². The number of unbranched alkanes of at least 4 members (excludes halogenated alkanes) is 5. The van der Waals surface area contributed by atoms with Gasteiger partial charge < -0.3 is 0 Å². The molecular formula is C9H21NO2S. The second-order valence-corrected chi connectivity index (χ2v) is 5.34. The normalized spacial score (nSPS) is 11.8. The van der Waals surface area contributed by atoms with E-state index in [0.717, 1.165) is 19.3 Å². The van der Waals surface area contributed by atoms with Gasteiger partial charge in [0.15, 0.2) is 0 Å². The molecule has 0 atom stereocenters. The van der Waals surface area contributed by atoms with Crippen LogP contribution in [0, 0.1) is 0 Å². The van der Waals surface area contributed by atoms with Crippen LogP contribution in [0.3, 0.4) is 0 Å². The third kappa shape index (κ3) is 8.25. The molecule has 0 saturated heterocycles. The first-order chi connectivity index (χ1) is 6.12. The number of nitrogens with one attached hydrogen (secondary N) is 1. The number of sulfonamides is 1. The van der Waals surface area contributed by atoms with Gasteiger partial charge in [0.05, 0.1) is 5.75 Å². The summed E-state index contributed by atoms with van der Waals surface area (Å²) < 4.78 is 24.3. The van der Waals surface area contributed by atoms with Gasteiger partial charge >= 0.3 is 0 Å². The summed E-state index contributed by atoms with van der Waals surface area (Å²) in [5, 5.41) is 0. The molecule has 0 radical (unpaired) electrons. The highest BCUT2D eigenvalue weighted by molar-refractivity contribution is 7.89. The molecule has 0 rings (SSSR count). The van der Waals surface area contributed by atoms with Crippen molar-refractivity contribution in [3.8, 4) is 0 Å². The molecule has 0 fully saturated rings. The predicted octanol–water partition coefficient (Wildman–Crippen LogP) is 1.90. The minimum Gasteiger partial charge on any atom is -0.218 e.